The molecule has 21 heavy (non-hydrogen) atoms. The van der Waals surface area contributed by atoms with E-state index in [0.717, 1.165) is 19.6 Å². The average Bonchev–Trinajstić information content (AvgIpc) is 2.46. The van der Waals surface area contributed by atoms with E-state index in [1.807, 2.05) is 12.3 Å². The van der Waals surface area contributed by atoms with E-state index in [1.165, 1.54) is 30.6 Å². The predicted octanol–water partition coefficient (Wildman–Crippen LogP) is 3.99. The largest absolute Gasteiger partial charge is 0.356 e. The van der Waals surface area contributed by atoms with E-state index in [2.05, 4.69) is 55.9 Å². The Kier molecular flexibility index (Phi) is 4.92. The van der Waals surface area contributed by atoms with Crippen molar-refractivity contribution in [1.29, 1.82) is 0 Å². The van der Waals surface area contributed by atoms with Crippen molar-refractivity contribution in [1.82, 2.24) is 10.3 Å². The molecule has 0 spiro atoms. The number of nitrogens with one attached hydrogen (secondary N) is 1. The Balaban J connectivity index is 2.07. The first-order valence-electron chi connectivity index (χ1n) is 8.27. The fourth-order valence-corrected chi connectivity index (χ4v) is 2.83. The van der Waals surface area contributed by atoms with Crippen LogP contribution in [0.25, 0.3) is 0 Å². The first-order valence-corrected chi connectivity index (χ1v) is 8.27. The van der Waals surface area contributed by atoms with Crippen molar-refractivity contribution in [3.05, 3.63) is 23.9 Å². The van der Waals surface area contributed by atoms with Crippen molar-refractivity contribution in [2.45, 2.75) is 66.0 Å². The molecule has 1 aromatic heterocycles. The third-order valence-corrected chi connectivity index (χ3v) is 4.80. The molecule has 2 heterocycles. The molecule has 1 aliphatic heterocycles. The highest BCUT2D eigenvalue weighted by molar-refractivity contribution is 5.47. The minimum Gasteiger partial charge on any atom is -0.356 e. The maximum Gasteiger partial charge on any atom is 0.133 e. The highest BCUT2D eigenvalue weighted by atomic mass is 15.2. The molecule has 0 amide bonds. The number of hydrogen-bond acceptors (Lipinski definition) is 3. The summed E-state index contributed by atoms with van der Waals surface area (Å²) < 4.78 is 0. The van der Waals surface area contributed by atoms with Gasteiger partial charge in [-0.1, -0.05) is 26.3 Å². The van der Waals surface area contributed by atoms with E-state index in [1.54, 1.807) is 0 Å². The van der Waals surface area contributed by atoms with E-state index in [0.29, 0.717) is 5.41 Å². The van der Waals surface area contributed by atoms with Crippen molar-refractivity contribution in [2.24, 2.45) is 5.41 Å². The van der Waals surface area contributed by atoms with Gasteiger partial charge in [-0.2, -0.15) is 0 Å². The molecule has 2 rings (SSSR count). The zero-order valence-electron chi connectivity index (χ0n) is 14.4. The molecule has 1 aromatic rings. The highest BCUT2D eigenvalue weighted by Crippen LogP contribution is 2.35. The van der Waals surface area contributed by atoms with Gasteiger partial charge in [0.1, 0.15) is 5.82 Å². The van der Waals surface area contributed by atoms with Gasteiger partial charge in [-0.3, -0.25) is 0 Å². The molecule has 3 nitrogen and oxygen atoms in total. The van der Waals surface area contributed by atoms with Gasteiger partial charge in [0.15, 0.2) is 0 Å². The Hall–Kier alpha value is -1.09. The molecule has 1 aliphatic rings. The smallest absolute Gasteiger partial charge is 0.133 e. The van der Waals surface area contributed by atoms with Gasteiger partial charge in [0.2, 0.25) is 0 Å². The molecule has 118 valence electrons. The predicted molar refractivity (Wildman–Crippen MR) is 90.7 cm³/mol. The zero-order valence-corrected chi connectivity index (χ0v) is 14.4. The van der Waals surface area contributed by atoms with Crippen molar-refractivity contribution in [3.63, 3.8) is 0 Å². The third kappa shape index (κ3) is 4.44. The van der Waals surface area contributed by atoms with E-state index < -0.39 is 0 Å². The average molecular weight is 289 g/mol. The van der Waals surface area contributed by atoms with Gasteiger partial charge in [-0.25, -0.2) is 4.98 Å². The summed E-state index contributed by atoms with van der Waals surface area (Å²) in [5.74, 6) is 1.17. The van der Waals surface area contributed by atoms with Crippen molar-refractivity contribution < 1.29 is 0 Å². The Morgan fingerprint density at radius 3 is 2.52 bits per heavy atom. The lowest BCUT2D eigenvalue weighted by atomic mass is 9.78. The molecule has 3 heteroatoms. The molecule has 0 saturated carbocycles. The quantitative estimate of drug-likeness (QED) is 0.908. The van der Waals surface area contributed by atoms with Crippen LogP contribution in [0.5, 0.6) is 0 Å². The van der Waals surface area contributed by atoms with Crippen LogP contribution in [0.15, 0.2) is 18.3 Å². The monoisotopic (exact) mass is 289 g/mol. The molecule has 0 unspecified atom stereocenters. The second-order valence-corrected chi connectivity index (χ2v) is 7.74. The number of nitrogens with zero attached hydrogens (tertiary/aromatic N) is 2. The second kappa shape index (κ2) is 6.35. The maximum atomic E-state index is 4.66. The van der Waals surface area contributed by atoms with Crippen LogP contribution in [0.2, 0.25) is 0 Å². The first-order chi connectivity index (χ1) is 9.83. The van der Waals surface area contributed by atoms with Crippen molar-refractivity contribution in [2.75, 3.05) is 18.0 Å². The Bertz CT molecular complexity index is 454. The number of aromatic nitrogens is 1. The number of piperidine rings is 1. The normalized spacial score (nSPS) is 18.8. The van der Waals surface area contributed by atoms with Gasteiger partial charge < -0.3 is 10.2 Å². The molecule has 0 atom stereocenters. The van der Waals surface area contributed by atoms with Crippen LogP contribution in [-0.4, -0.2) is 23.6 Å². The second-order valence-electron chi connectivity index (χ2n) is 7.74. The Morgan fingerprint density at radius 1 is 1.29 bits per heavy atom. The molecular weight excluding hydrogens is 258 g/mol. The lowest BCUT2D eigenvalue weighted by Gasteiger charge is -2.40. The third-order valence-electron chi connectivity index (χ3n) is 4.80. The van der Waals surface area contributed by atoms with E-state index in [4.69, 9.17) is 0 Å². The Labute approximate surface area is 130 Å². The molecule has 0 aromatic carbocycles. The summed E-state index contributed by atoms with van der Waals surface area (Å²) in [6.07, 6.45) is 5.74. The first kappa shape index (κ1) is 16.3. The molecule has 1 saturated heterocycles. The van der Waals surface area contributed by atoms with Crippen LogP contribution >= 0.6 is 0 Å². The number of anilines is 1. The number of pyridine rings is 1. The minimum absolute atomic E-state index is 0.135. The molecule has 0 aliphatic carbocycles. The summed E-state index contributed by atoms with van der Waals surface area (Å²) >= 11 is 0. The van der Waals surface area contributed by atoms with Gasteiger partial charge in [-0.05, 0) is 45.1 Å². The maximum absolute atomic E-state index is 4.66. The standard InChI is InChI=1S/C18H31N3/c1-6-18(5)9-12-21(13-10-18)16-15(8-7-11-19-16)14-20-17(2,3)4/h7-8,11,20H,6,9-10,12-14H2,1-5H3. The SMILES string of the molecule is CCC1(C)CCN(c2ncccc2CNC(C)(C)C)CC1. The topological polar surface area (TPSA) is 28.2 Å². The summed E-state index contributed by atoms with van der Waals surface area (Å²) in [7, 11) is 0. The van der Waals surface area contributed by atoms with Crippen LogP contribution in [0.1, 0.15) is 59.4 Å². The minimum atomic E-state index is 0.135. The van der Waals surface area contributed by atoms with Crippen LogP contribution in [0, 0.1) is 5.41 Å². The summed E-state index contributed by atoms with van der Waals surface area (Å²) in [4.78, 5) is 7.13. The van der Waals surface area contributed by atoms with Crippen molar-refractivity contribution in [3.8, 4) is 0 Å². The van der Waals surface area contributed by atoms with Crippen LogP contribution < -0.4 is 10.2 Å². The van der Waals surface area contributed by atoms with Crippen LogP contribution in [0.4, 0.5) is 5.82 Å². The van der Waals surface area contributed by atoms with Crippen LogP contribution in [-0.2, 0) is 6.54 Å². The van der Waals surface area contributed by atoms with Gasteiger partial charge in [0.25, 0.3) is 0 Å². The molecule has 0 radical (unpaired) electrons. The van der Waals surface area contributed by atoms with Crippen LogP contribution in [0.3, 0.4) is 0 Å². The summed E-state index contributed by atoms with van der Waals surface area (Å²) in [6.45, 7) is 14.5. The van der Waals surface area contributed by atoms with Gasteiger partial charge >= 0.3 is 0 Å². The summed E-state index contributed by atoms with van der Waals surface area (Å²) in [5, 5.41) is 3.58. The number of hydrogen-bond donors (Lipinski definition) is 1. The van der Waals surface area contributed by atoms with Gasteiger partial charge in [-0.15, -0.1) is 0 Å². The molecule has 0 bridgehead atoms. The molecular formula is C18H31N3. The highest BCUT2D eigenvalue weighted by Gasteiger charge is 2.29. The van der Waals surface area contributed by atoms with E-state index in [9.17, 15) is 0 Å². The van der Waals surface area contributed by atoms with Gasteiger partial charge in [0.05, 0.1) is 0 Å². The molecule has 1 N–H and O–H groups in total. The van der Waals surface area contributed by atoms with Crippen molar-refractivity contribution >= 4 is 5.82 Å². The number of rotatable bonds is 4. The molecule has 1 fully saturated rings. The lowest BCUT2D eigenvalue weighted by molar-refractivity contribution is 0.237. The van der Waals surface area contributed by atoms with Gasteiger partial charge in [0, 0.05) is 36.9 Å². The fourth-order valence-electron chi connectivity index (χ4n) is 2.83. The van der Waals surface area contributed by atoms with E-state index in [-0.39, 0.29) is 5.54 Å². The Morgan fingerprint density at radius 2 is 1.95 bits per heavy atom. The lowest BCUT2D eigenvalue weighted by Crippen LogP contribution is -2.40. The summed E-state index contributed by atoms with van der Waals surface area (Å²) in [6, 6.07) is 4.25. The zero-order chi connectivity index (χ0) is 15.5. The van der Waals surface area contributed by atoms with E-state index >= 15 is 0 Å². The fraction of sp³-hybridized carbons (Fsp3) is 0.722. The summed E-state index contributed by atoms with van der Waals surface area (Å²) in [5.41, 5.74) is 1.97.